The Morgan fingerprint density at radius 2 is 1.04 bits per heavy atom. The average molecular weight is 342 g/mol. The molecule has 1 aliphatic heterocycles. The molecular formula is C18H34N2O4. The maximum atomic E-state index is 12.1. The molecule has 1 rings (SSSR count). The van der Waals surface area contributed by atoms with Crippen molar-refractivity contribution in [2.75, 3.05) is 40.4 Å². The van der Waals surface area contributed by atoms with Gasteiger partial charge in [0.05, 0.1) is 14.2 Å². The first-order chi connectivity index (χ1) is 11.3. The number of hydrogen-bond donors (Lipinski definition) is 0. The van der Waals surface area contributed by atoms with Crippen molar-refractivity contribution in [1.82, 2.24) is 9.80 Å². The Kier molecular flexibility index (Phi) is 8.70. The molecule has 140 valence electrons. The Morgan fingerprint density at radius 1 is 0.750 bits per heavy atom. The molecule has 0 saturated carbocycles. The molecule has 0 aromatic heterocycles. The summed E-state index contributed by atoms with van der Waals surface area (Å²) < 4.78 is 9.96. The van der Waals surface area contributed by atoms with Gasteiger partial charge >= 0.3 is 11.9 Å². The molecule has 0 spiro atoms. The van der Waals surface area contributed by atoms with E-state index in [1.54, 1.807) is 0 Å². The zero-order chi connectivity index (χ0) is 18.3. The van der Waals surface area contributed by atoms with Crippen LogP contribution in [0.4, 0.5) is 0 Å². The summed E-state index contributed by atoms with van der Waals surface area (Å²) >= 11 is 0. The van der Waals surface area contributed by atoms with Crippen LogP contribution in [0.25, 0.3) is 0 Å². The lowest BCUT2D eigenvalue weighted by Gasteiger charge is -2.41. The second-order valence-corrected chi connectivity index (χ2v) is 7.41. The van der Waals surface area contributed by atoms with Gasteiger partial charge in [0, 0.05) is 26.2 Å². The minimum atomic E-state index is -0.196. The van der Waals surface area contributed by atoms with E-state index in [4.69, 9.17) is 9.47 Å². The number of carbonyl (C=O) groups excluding carboxylic acids is 2. The van der Waals surface area contributed by atoms with E-state index in [2.05, 4.69) is 37.5 Å². The predicted molar refractivity (Wildman–Crippen MR) is 93.7 cm³/mol. The predicted octanol–water partition coefficient (Wildman–Crippen LogP) is 1.78. The van der Waals surface area contributed by atoms with Crippen LogP contribution in [0, 0.1) is 11.8 Å². The Hall–Kier alpha value is -1.14. The first kappa shape index (κ1) is 20.9. The van der Waals surface area contributed by atoms with Gasteiger partial charge in [0.1, 0.15) is 12.1 Å². The number of esters is 2. The minimum Gasteiger partial charge on any atom is -0.468 e. The fourth-order valence-electron chi connectivity index (χ4n) is 3.31. The third-order valence-corrected chi connectivity index (χ3v) is 4.57. The molecule has 0 aliphatic carbocycles. The van der Waals surface area contributed by atoms with Crippen molar-refractivity contribution in [3.05, 3.63) is 0 Å². The molecule has 24 heavy (non-hydrogen) atoms. The second-order valence-electron chi connectivity index (χ2n) is 7.41. The van der Waals surface area contributed by atoms with Crippen LogP contribution in [0.5, 0.6) is 0 Å². The number of nitrogens with zero attached hydrogens (tertiary/aromatic N) is 2. The van der Waals surface area contributed by atoms with Crippen LogP contribution in [-0.4, -0.2) is 74.2 Å². The fourth-order valence-corrected chi connectivity index (χ4v) is 3.31. The third-order valence-electron chi connectivity index (χ3n) is 4.57. The topological polar surface area (TPSA) is 59.1 Å². The molecule has 6 heteroatoms. The number of piperazine rings is 1. The van der Waals surface area contributed by atoms with E-state index in [0.717, 1.165) is 39.0 Å². The molecule has 1 aliphatic rings. The minimum absolute atomic E-state index is 0.163. The maximum Gasteiger partial charge on any atom is 0.323 e. The van der Waals surface area contributed by atoms with E-state index in [-0.39, 0.29) is 24.0 Å². The standard InChI is InChI=1S/C18H34N2O4/c1-13(2)11-15(17(21)23-5)19-7-9-20(10-8-19)16(12-14(3)4)18(22)24-6/h13-16H,7-12H2,1-6H3/t15-,16-/m0/s1. The van der Waals surface area contributed by atoms with E-state index in [1.807, 2.05) is 0 Å². The summed E-state index contributed by atoms with van der Waals surface area (Å²) in [6.07, 6.45) is 1.58. The summed E-state index contributed by atoms with van der Waals surface area (Å²) in [6.45, 7) is 11.5. The van der Waals surface area contributed by atoms with Crippen molar-refractivity contribution < 1.29 is 19.1 Å². The number of methoxy groups -OCH3 is 2. The van der Waals surface area contributed by atoms with Crippen LogP contribution in [-0.2, 0) is 19.1 Å². The van der Waals surface area contributed by atoms with Gasteiger partial charge in [0.25, 0.3) is 0 Å². The van der Waals surface area contributed by atoms with Crippen LogP contribution in [0.3, 0.4) is 0 Å². The van der Waals surface area contributed by atoms with Crippen LogP contribution in [0.1, 0.15) is 40.5 Å². The summed E-state index contributed by atoms with van der Waals surface area (Å²) in [5, 5.41) is 0. The van der Waals surface area contributed by atoms with Crippen molar-refractivity contribution >= 4 is 11.9 Å². The van der Waals surface area contributed by atoms with E-state index in [0.29, 0.717) is 11.8 Å². The molecule has 6 nitrogen and oxygen atoms in total. The molecule has 0 aromatic rings. The number of carbonyl (C=O) groups is 2. The molecule has 0 unspecified atom stereocenters. The monoisotopic (exact) mass is 342 g/mol. The first-order valence-electron chi connectivity index (χ1n) is 8.93. The molecule has 1 fully saturated rings. The molecule has 0 aromatic carbocycles. The summed E-state index contributed by atoms with van der Waals surface area (Å²) in [4.78, 5) is 28.6. The number of hydrogen-bond acceptors (Lipinski definition) is 6. The van der Waals surface area contributed by atoms with Gasteiger partial charge in [-0.2, -0.15) is 0 Å². The summed E-state index contributed by atoms with van der Waals surface area (Å²) in [6, 6.07) is -0.391. The SMILES string of the molecule is COC(=O)[C@H](CC(C)C)N1CCN([C@@H](CC(C)C)C(=O)OC)CC1. The van der Waals surface area contributed by atoms with Gasteiger partial charge in [-0.1, -0.05) is 27.7 Å². The van der Waals surface area contributed by atoms with Crippen molar-refractivity contribution in [2.24, 2.45) is 11.8 Å². The summed E-state index contributed by atoms with van der Waals surface area (Å²) in [7, 11) is 2.89. The quantitative estimate of drug-likeness (QED) is 0.627. The highest BCUT2D eigenvalue weighted by Gasteiger charge is 2.34. The lowest BCUT2D eigenvalue weighted by atomic mass is 9.99. The lowest BCUT2D eigenvalue weighted by Crippen LogP contribution is -2.57. The van der Waals surface area contributed by atoms with Crippen LogP contribution in [0.15, 0.2) is 0 Å². The van der Waals surface area contributed by atoms with E-state index in [1.165, 1.54) is 14.2 Å². The van der Waals surface area contributed by atoms with Crippen molar-refractivity contribution in [3.63, 3.8) is 0 Å². The highest BCUT2D eigenvalue weighted by molar-refractivity contribution is 5.76. The Morgan fingerprint density at radius 3 is 1.25 bits per heavy atom. The normalized spacial score (nSPS) is 19.3. The molecule has 0 amide bonds. The smallest absolute Gasteiger partial charge is 0.323 e. The third kappa shape index (κ3) is 6.06. The number of rotatable bonds is 8. The highest BCUT2D eigenvalue weighted by atomic mass is 16.5. The van der Waals surface area contributed by atoms with Gasteiger partial charge in [-0.05, 0) is 24.7 Å². The molecular weight excluding hydrogens is 308 g/mol. The molecule has 0 N–H and O–H groups in total. The summed E-state index contributed by atoms with van der Waals surface area (Å²) in [5.41, 5.74) is 0. The highest BCUT2D eigenvalue weighted by Crippen LogP contribution is 2.19. The van der Waals surface area contributed by atoms with Crippen molar-refractivity contribution in [3.8, 4) is 0 Å². The Balaban J connectivity index is 2.71. The summed E-state index contributed by atoms with van der Waals surface area (Å²) in [5.74, 6) is 0.527. The van der Waals surface area contributed by atoms with Gasteiger partial charge in [0.2, 0.25) is 0 Å². The second kappa shape index (κ2) is 9.99. The van der Waals surface area contributed by atoms with Crippen LogP contribution in [0.2, 0.25) is 0 Å². The van der Waals surface area contributed by atoms with Crippen LogP contribution >= 0.6 is 0 Å². The van der Waals surface area contributed by atoms with Crippen molar-refractivity contribution in [1.29, 1.82) is 0 Å². The van der Waals surface area contributed by atoms with E-state index in [9.17, 15) is 9.59 Å². The Labute approximate surface area is 146 Å². The Bertz CT molecular complexity index is 366. The lowest BCUT2D eigenvalue weighted by molar-refractivity contribution is -0.152. The van der Waals surface area contributed by atoms with Gasteiger partial charge < -0.3 is 9.47 Å². The zero-order valence-electron chi connectivity index (χ0n) is 16.1. The fraction of sp³-hybridized carbons (Fsp3) is 0.889. The van der Waals surface area contributed by atoms with E-state index >= 15 is 0 Å². The molecule has 0 bridgehead atoms. The van der Waals surface area contributed by atoms with Gasteiger partial charge in [0.15, 0.2) is 0 Å². The van der Waals surface area contributed by atoms with Crippen molar-refractivity contribution in [2.45, 2.75) is 52.6 Å². The molecule has 2 atom stereocenters. The maximum absolute atomic E-state index is 12.1. The van der Waals surface area contributed by atoms with E-state index < -0.39 is 0 Å². The number of ether oxygens (including phenoxy) is 2. The molecule has 1 saturated heterocycles. The zero-order valence-corrected chi connectivity index (χ0v) is 16.1. The average Bonchev–Trinajstić information content (AvgIpc) is 2.56. The molecule has 0 radical (unpaired) electrons. The molecule has 1 heterocycles. The van der Waals surface area contributed by atoms with Gasteiger partial charge in [-0.15, -0.1) is 0 Å². The van der Waals surface area contributed by atoms with Gasteiger partial charge in [-0.3, -0.25) is 19.4 Å². The largest absolute Gasteiger partial charge is 0.468 e. The van der Waals surface area contributed by atoms with Crippen LogP contribution < -0.4 is 0 Å². The van der Waals surface area contributed by atoms with Gasteiger partial charge in [-0.25, -0.2) is 0 Å². The first-order valence-corrected chi connectivity index (χ1v) is 8.93.